The Balaban J connectivity index is 1.38. The van der Waals surface area contributed by atoms with Crippen LogP contribution in [0.1, 0.15) is 17.5 Å². The average molecular weight is 391 g/mol. The van der Waals surface area contributed by atoms with Crippen molar-refractivity contribution in [2.24, 2.45) is 0 Å². The molecule has 0 atom stereocenters. The Hall–Kier alpha value is -2.54. The molecule has 1 aliphatic heterocycles. The van der Waals surface area contributed by atoms with E-state index in [1.54, 1.807) is 0 Å². The van der Waals surface area contributed by atoms with Crippen molar-refractivity contribution in [3.63, 3.8) is 0 Å². The third-order valence-electron chi connectivity index (χ3n) is 4.85. The van der Waals surface area contributed by atoms with Gasteiger partial charge in [-0.2, -0.15) is 13.2 Å². The highest BCUT2D eigenvalue weighted by molar-refractivity contribution is 5.76. The fraction of sp³-hybridized carbons (Fsp3) is 0.381. The number of hydrogen-bond acceptors (Lipinski definition) is 3. The van der Waals surface area contributed by atoms with E-state index in [2.05, 4.69) is 22.3 Å². The van der Waals surface area contributed by atoms with E-state index in [1.807, 2.05) is 23.1 Å². The first-order valence-electron chi connectivity index (χ1n) is 9.37. The van der Waals surface area contributed by atoms with Gasteiger partial charge in [-0.1, -0.05) is 30.3 Å². The molecule has 0 bridgehead atoms. The minimum absolute atomic E-state index is 0.0683. The molecule has 7 heteroatoms. The van der Waals surface area contributed by atoms with Crippen LogP contribution in [-0.2, 0) is 17.5 Å². The predicted molar refractivity (Wildman–Crippen MR) is 103 cm³/mol. The van der Waals surface area contributed by atoms with Gasteiger partial charge in [-0.05, 0) is 29.8 Å². The second kappa shape index (κ2) is 9.10. The highest BCUT2D eigenvalue weighted by Crippen LogP contribution is 2.29. The Labute approximate surface area is 162 Å². The van der Waals surface area contributed by atoms with Crippen LogP contribution in [0.15, 0.2) is 54.6 Å². The van der Waals surface area contributed by atoms with E-state index in [4.69, 9.17) is 0 Å². The third-order valence-corrected chi connectivity index (χ3v) is 4.85. The number of piperazine rings is 1. The molecule has 0 spiro atoms. The maximum Gasteiger partial charge on any atom is 0.416 e. The summed E-state index contributed by atoms with van der Waals surface area (Å²) in [6, 6.07) is 15.1. The largest absolute Gasteiger partial charge is 0.416 e. The van der Waals surface area contributed by atoms with Gasteiger partial charge >= 0.3 is 6.18 Å². The van der Waals surface area contributed by atoms with Gasteiger partial charge in [0.1, 0.15) is 0 Å². The number of carbonyl (C=O) groups is 1. The minimum atomic E-state index is -4.34. The lowest BCUT2D eigenvalue weighted by Gasteiger charge is -2.34. The monoisotopic (exact) mass is 391 g/mol. The molecule has 0 aromatic heterocycles. The first kappa shape index (κ1) is 20.2. The summed E-state index contributed by atoms with van der Waals surface area (Å²) in [5, 5.41) is 3.01. The summed E-state index contributed by atoms with van der Waals surface area (Å²) in [5.41, 5.74) is 1.17. The van der Waals surface area contributed by atoms with Gasteiger partial charge in [0.2, 0.25) is 5.91 Å². The van der Waals surface area contributed by atoms with Crippen molar-refractivity contribution < 1.29 is 18.0 Å². The van der Waals surface area contributed by atoms with Gasteiger partial charge in [0.05, 0.1) is 5.56 Å². The molecular formula is C21H24F3N3O. The first-order valence-corrected chi connectivity index (χ1v) is 9.37. The number of carbonyl (C=O) groups excluding carboxylic acids is 1. The van der Waals surface area contributed by atoms with Crippen LogP contribution in [0.25, 0.3) is 0 Å². The van der Waals surface area contributed by atoms with Gasteiger partial charge in [-0.25, -0.2) is 0 Å². The van der Waals surface area contributed by atoms with Crippen LogP contribution in [0.3, 0.4) is 0 Å². The van der Waals surface area contributed by atoms with Gasteiger partial charge in [-0.3, -0.25) is 9.69 Å². The smallest absolute Gasteiger partial charge is 0.385 e. The van der Waals surface area contributed by atoms with Crippen LogP contribution in [-0.4, -0.2) is 48.4 Å². The summed E-state index contributed by atoms with van der Waals surface area (Å²) in [6.07, 6.45) is -4.02. The Morgan fingerprint density at radius 3 is 2.18 bits per heavy atom. The van der Waals surface area contributed by atoms with E-state index in [1.165, 1.54) is 17.7 Å². The van der Waals surface area contributed by atoms with Gasteiger partial charge < -0.3 is 10.2 Å². The lowest BCUT2D eigenvalue weighted by atomic mass is 10.2. The van der Waals surface area contributed by atoms with Crippen LogP contribution >= 0.6 is 0 Å². The molecule has 1 heterocycles. The topological polar surface area (TPSA) is 35.6 Å². The molecule has 2 aromatic rings. The zero-order valence-corrected chi connectivity index (χ0v) is 15.6. The maximum atomic E-state index is 12.6. The molecule has 2 aromatic carbocycles. The normalized spacial score (nSPS) is 15.5. The van der Waals surface area contributed by atoms with E-state index in [-0.39, 0.29) is 5.91 Å². The summed E-state index contributed by atoms with van der Waals surface area (Å²) in [5.74, 6) is 0.0683. The number of alkyl halides is 3. The molecule has 28 heavy (non-hydrogen) atoms. The van der Waals surface area contributed by atoms with Gasteiger partial charge in [-0.15, -0.1) is 0 Å². The fourth-order valence-electron chi connectivity index (χ4n) is 3.25. The van der Waals surface area contributed by atoms with Crippen molar-refractivity contribution >= 4 is 11.6 Å². The lowest BCUT2D eigenvalue weighted by molar-refractivity contribution is -0.137. The Morgan fingerprint density at radius 2 is 1.57 bits per heavy atom. The first-order chi connectivity index (χ1) is 13.4. The molecule has 0 saturated carbocycles. The van der Waals surface area contributed by atoms with E-state index >= 15 is 0 Å². The van der Waals surface area contributed by atoms with Crippen molar-refractivity contribution in [2.45, 2.75) is 19.1 Å². The molecule has 4 nitrogen and oxygen atoms in total. The van der Waals surface area contributed by atoms with Crippen molar-refractivity contribution in [3.8, 4) is 0 Å². The van der Waals surface area contributed by atoms with Crippen LogP contribution in [0, 0.1) is 0 Å². The minimum Gasteiger partial charge on any atom is -0.385 e. The average Bonchev–Trinajstić information content (AvgIpc) is 2.69. The van der Waals surface area contributed by atoms with E-state index in [9.17, 15) is 18.0 Å². The molecule has 1 N–H and O–H groups in total. The summed E-state index contributed by atoms with van der Waals surface area (Å²) in [6.45, 7) is 4.37. The lowest BCUT2D eigenvalue weighted by Crippen LogP contribution is -2.48. The van der Waals surface area contributed by atoms with Crippen molar-refractivity contribution in [1.29, 1.82) is 0 Å². The second-order valence-corrected chi connectivity index (χ2v) is 6.89. The fourth-order valence-corrected chi connectivity index (χ4v) is 3.25. The summed E-state index contributed by atoms with van der Waals surface area (Å²) < 4.78 is 37.7. The van der Waals surface area contributed by atoms with E-state index in [0.717, 1.165) is 31.8 Å². The summed E-state index contributed by atoms with van der Waals surface area (Å²) in [4.78, 5) is 16.5. The van der Waals surface area contributed by atoms with Crippen molar-refractivity contribution in [3.05, 3.63) is 65.7 Å². The third kappa shape index (κ3) is 5.73. The number of amides is 1. The molecule has 1 amide bonds. The highest BCUT2D eigenvalue weighted by Gasteiger charge is 2.29. The number of halogens is 3. The molecule has 1 fully saturated rings. The highest BCUT2D eigenvalue weighted by atomic mass is 19.4. The number of anilines is 1. The zero-order chi connectivity index (χ0) is 20.0. The summed E-state index contributed by atoms with van der Waals surface area (Å²) in [7, 11) is 0. The molecular weight excluding hydrogens is 367 g/mol. The standard InChI is InChI=1S/C21H24F3N3O/c22-21(23,24)18-6-8-19(9-7-18)25-11-10-20(28)27-14-12-26(13-15-27)16-17-4-2-1-3-5-17/h1-9,25H,10-16H2. The molecule has 150 valence electrons. The zero-order valence-electron chi connectivity index (χ0n) is 15.6. The molecule has 1 saturated heterocycles. The maximum absolute atomic E-state index is 12.6. The van der Waals surface area contributed by atoms with E-state index in [0.29, 0.717) is 31.7 Å². The number of nitrogens with one attached hydrogen (secondary N) is 1. The number of rotatable bonds is 6. The number of nitrogens with zero attached hydrogens (tertiary/aromatic N) is 2. The molecule has 1 aliphatic rings. The van der Waals surface area contributed by atoms with Crippen LogP contribution in [0.5, 0.6) is 0 Å². The van der Waals surface area contributed by atoms with Gasteiger partial charge in [0.15, 0.2) is 0 Å². The van der Waals surface area contributed by atoms with Crippen molar-refractivity contribution in [2.75, 3.05) is 38.0 Å². The van der Waals surface area contributed by atoms with Crippen LogP contribution in [0.4, 0.5) is 18.9 Å². The second-order valence-electron chi connectivity index (χ2n) is 6.89. The predicted octanol–water partition coefficient (Wildman–Crippen LogP) is 3.85. The Morgan fingerprint density at radius 1 is 0.929 bits per heavy atom. The van der Waals surface area contributed by atoms with Crippen LogP contribution in [0.2, 0.25) is 0 Å². The molecule has 0 aliphatic carbocycles. The molecule has 3 rings (SSSR count). The van der Waals surface area contributed by atoms with Crippen LogP contribution < -0.4 is 5.32 Å². The number of hydrogen-bond donors (Lipinski definition) is 1. The Bertz CT molecular complexity index is 755. The summed E-state index contributed by atoms with van der Waals surface area (Å²) >= 11 is 0. The SMILES string of the molecule is O=C(CCNc1ccc(C(F)(F)F)cc1)N1CCN(Cc2ccccc2)CC1. The Kier molecular flexibility index (Phi) is 6.57. The number of benzene rings is 2. The van der Waals surface area contributed by atoms with Gasteiger partial charge in [0, 0.05) is 51.4 Å². The van der Waals surface area contributed by atoms with E-state index < -0.39 is 11.7 Å². The van der Waals surface area contributed by atoms with Crippen molar-refractivity contribution in [1.82, 2.24) is 9.80 Å². The quantitative estimate of drug-likeness (QED) is 0.813. The molecule has 0 unspecified atom stereocenters. The van der Waals surface area contributed by atoms with Gasteiger partial charge in [0.25, 0.3) is 0 Å². The molecule has 0 radical (unpaired) electrons.